The summed E-state index contributed by atoms with van der Waals surface area (Å²) < 4.78 is 0. The first-order chi connectivity index (χ1) is 6.17. The van der Waals surface area contributed by atoms with Gasteiger partial charge in [0, 0.05) is 17.3 Å². The van der Waals surface area contributed by atoms with Gasteiger partial charge < -0.3 is 10.8 Å². The number of carbonyl (C=O) groups is 1. The summed E-state index contributed by atoms with van der Waals surface area (Å²) >= 11 is 0. The second-order valence-corrected chi connectivity index (χ2v) is 3.44. The number of nitrogens with two attached hydrogens (primary N) is 1. The number of aromatic nitrogens is 2. The van der Waals surface area contributed by atoms with Crippen LogP contribution in [0.4, 0.5) is 0 Å². The van der Waals surface area contributed by atoms with Gasteiger partial charge in [-0.05, 0) is 18.9 Å². The Balaban J connectivity index is 2.27. The monoisotopic (exact) mass is 181 g/mol. The second-order valence-electron chi connectivity index (χ2n) is 3.44. The molecule has 1 aromatic heterocycles. The lowest BCUT2D eigenvalue weighted by Gasteiger charge is -2.17. The summed E-state index contributed by atoms with van der Waals surface area (Å²) in [7, 11) is 0. The van der Waals surface area contributed by atoms with Gasteiger partial charge in [-0.25, -0.2) is 0 Å². The highest BCUT2D eigenvalue weighted by molar-refractivity contribution is 5.76. The fourth-order valence-electron chi connectivity index (χ4n) is 1.65. The molecule has 1 aliphatic rings. The van der Waals surface area contributed by atoms with Crippen molar-refractivity contribution in [3.63, 3.8) is 0 Å². The second kappa shape index (κ2) is 2.56. The standard InChI is InChI=1S/C8H11N3O2/c9-6(7(12)13)8(2-3-8)5-1-4-10-11-5/h1,4,6H,2-3,9H2,(H,10,11)(H,12,13). The number of hydrogen-bond donors (Lipinski definition) is 3. The molecule has 1 saturated carbocycles. The van der Waals surface area contributed by atoms with Crippen LogP contribution in [0, 0.1) is 0 Å². The van der Waals surface area contributed by atoms with Gasteiger partial charge in [0.2, 0.25) is 0 Å². The highest BCUT2D eigenvalue weighted by atomic mass is 16.4. The normalized spacial score (nSPS) is 21.0. The van der Waals surface area contributed by atoms with Crippen LogP contribution in [-0.4, -0.2) is 27.3 Å². The molecule has 5 heteroatoms. The predicted molar refractivity (Wildman–Crippen MR) is 45.1 cm³/mol. The molecule has 1 unspecified atom stereocenters. The average Bonchev–Trinajstić information content (AvgIpc) is 2.72. The molecular weight excluding hydrogens is 170 g/mol. The Morgan fingerprint density at radius 2 is 2.46 bits per heavy atom. The van der Waals surface area contributed by atoms with Gasteiger partial charge in [0.05, 0.1) is 0 Å². The van der Waals surface area contributed by atoms with E-state index in [4.69, 9.17) is 10.8 Å². The van der Waals surface area contributed by atoms with E-state index >= 15 is 0 Å². The molecule has 5 nitrogen and oxygen atoms in total. The van der Waals surface area contributed by atoms with E-state index in [-0.39, 0.29) is 5.41 Å². The van der Waals surface area contributed by atoms with Crippen LogP contribution in [0.2, 0.25) is 0 Å². The Hall–Kier alpha value is -1.36. The molecule has 1 aliphatic carbocycles. The summed E-state index contributed by atoms with van der Waals surface area (Å²) in [6.07, 6.45) is 3.26. The number of carboxylic acids is 1. The van der Waals surface area contributed by atoms with Crippen molar-refractivity contribution in [2.75, 3.05) is 0 Å². The Bertz CT molecular complexity index is 316. The van der Waals surface area contributed by atoms with Crippen LogP contribution in [-0.2, 0) is 10.2 Å². The van der Waals surface area contributed by atoms with E-state index in [0.29, 0.717) is 0 Å². The van der Waals surface area contributed by atoms with Gasteiger partial charge in [0.15, 0.2) is 0 Å². The fraction of sp³-hybridized carbons (Fsp3) is 0.500. The van der Waals surface area contributed by atoms with E-state index in [1.54, 1.807) is 12.3 Å². The Morgan fingerprint density at radius 1 is 1.77 bits per heavy atom. The van der Waals surface area contributed by atoms with Crippen LogP contribution >= 0.6 is 0 Å². The van der Waals surface area contributed by atoms with Gasteiger partial charge in [-0.3, -0.25) is 9.89 Å². The first-order valence-corrected chi connectivity index (χ1v) is 4.15. The summed E-state index contributed by atoms with van der Waals surface area (Å²) in [6.45, 7) is 0. The number of rotatable bonds is 3. The molecule has 13 heavy (non-hydrogen) atoms. The number of nitrogens with one attached hydrogen (secondary N) is 1. The molecule has 0 spiro atoms. The van der Waals surface area contributed by atoms with Crippen molar-refractivity contribution in [1.29, 1.82) is 0 Å². The smallest absolute Gasteiger partial charge is 0.321 e. The lowest BCUT2D eigenvalue weighted by molar-refractivity contribution is -0.139. The van der Waals surface area contributed by atoms with Crippen LogP contribution in [0.1, 0.15) is 18.5 Å². The first-order valence-electron chi connectivity index (χ1n) is 4.15. The summed E-state index contributed by atoms with van der Waals surface area (Å²) in [6, 6.07) is 0.962. The summed E-state index contributed by atoms with van der Waals surface area (Å²) in [5.41, 5.74) is 6.05. The zero-order valence-electron chi connectivity index (χ0n) is 7.03. The molecule has 0 amide bonds. The summed E-state index contributed by atoms with van der Waals surface area (Å²) in [4.78, 5) is 10.7. The Kier molecular flexibility index (Phi) is 1.63. The third-order valence-electron chi connectivity index (χ3n) is 2.69. The maximum Gasteiger partial charge on any atom is 0.321 e. The van der Waals surface area contributed by atoms with Crippen molar-refractivity contribution in [1.82, 2.24) is 10.2 Å². The van der Waals surface area contributed by atoms with Crippen molar-refractivity contribution in [3.05, 3.63) is 18.0 Å². The van der Waals surface area contributed by atoms with E-state index in [1.807, 2.05) is 0 Å². The Labute approximate surface area is 74.9 Å². The van der Waals surface area contributed by atoms with Crippen LogP contribution in [0.15, 0.2) is 12.3 Å². The highest BCUT2D eigenvalue weighted by Crippen LogP contribution is 2.49. The SMILES string of the molecule is NC(C(=O)O)C1(c2ccn[nH]2)CC1. The van der Waals surface area contributed by atoms with Gasteiger partial charge in [0.25, 0.3) is 0 Å². The molecular formula is C8H11N3O2. The molecule has 0 aromatic carbocycles. The molecule has 1 aromatic rings. The number of hydrogen-bond acceptors (Lipinski definition) is 3. The molecule has 0 bridgehead atoms. The van der Waals surface area contributed by atoms with Crippen molar-refractivity contribution >= 4 is 5.97 Å². The van der Waals surface area contributed by atoms with Crippen molar-refractivity contribution in [2.45, 2.75) is 24.3 Å². The quantitative estimate of drug-likeness (QED) is 0.604. The molecule has 1 atom stereocenters. The van der Waals surface area contributed by atoms with Gasteiger partial charge in [0.1, 0.15) is 6.04 Å². The lowest BCUT2D eigenvalue weighted by Crippen LogP contribution is -2.42. The van der Waals surface area contributed by atoms with Crippen LogP contribution in [0.25, 0.3) is 0 Å². The number of H-pyrrole nitrogens is 1. The Morgan fingerprint density at radius 3 is 2.85 bits per heavy atom. The number of aliphatic carboxylic acids is 1. The van der Waals surface area contributed by atoms with E-state index in [2.05, 4.69) is 10.2 Å². The van der Waals surface area contributed by atoms with Gasteiger partial charge >= 0.3 is 5.97 Å². The van der Waals surface area contributed by atoms with Gasteiger partial charge in [-0.2, -0.15) is 5.10 Å². The fourth-order valence-corrected chi connectivity index (χ4v) is 1.65. The molecule has 0 aliphatic heterocycles. The van der Waals surface area contributed by atoms with Crippen LogP contribution < -0.4 is 5.73 Å². The molecule has 70 valence electrons. The average molecular weight is 181 g/mol. The van der Waals surface area contributed by atoms with Crippen LogP contribution in [0.5, 0.6) is 0 Å². The van der Waals surface area contributed by atoms with E-state index in [0.717, 1.165) is 18.5 Å². The van der Waals surface area contributed by atoms with Crippen molar-refractivity contribution in [3.8, 4) is 0 Å². The molecule has 1 fully saturated rings. The third kappa shape index (κ3) is 1.12. The van der Waals surface area contributed by atoms with Crippen molar-refractivity contribution < 1.29 is 9.90 Å². The minimum atomic E-state index is -0.952. The van der Waals surface area contributed by atoms with E-state index < -0.39 is 12.0 Å². The largest absolute Gasteiger partial charge is 0.480 e. The minimum Gasteiger partial charge on any atom is -0.480 e. The summed E-state index contributed by atoms with van der Waals surface area (Å²) in [5, 5.41) is 15.4. The van der Waals surface area contributed by atoms with Gasteiger partial charge in [-0.15, -0.1) is 0 Å². The van der Waals surface area contributed by atoms with E-state index in [1.165, 1.54) is 0 Å². The number of carboxylic acid groups (broad SMARTS) is 1. The molecule has 2 rings (SSSR count). The third-order valence-corrected chi connectivity index (χ3v) is 2.69. The van der Waals surface area contributed by atoms with Crippen molar-refractivity contribution in [2.24, 2.45) is 5.73 Å². The zero-order chi connectivity index (χ0) is 9.47. The summed E-state index contributed by atoms with van der Waals surface area (Å²) in [5.74, 6) is -0.952. The molecule has 1 heterocycles. The predicted octanol–water partition coefficient (Wildman–Crippen LogP) is -0.147. The maximum atomic E-state index is 10.7. The number of nitrogens with zero attached hydrogens (tertiary/aromatic N) is 1. The first kappa shape index (κ1) is 8.25. The molecule has 0 saturated heterocycles. The number of aromatic amines is 1. The van der Waals surface area contributed by atoms with Crippen LogP contribution in [0.3, 0.4) is 0 Å². The highest BCUT2D eigenvalue weighted by Gasteiger charge is 2.53. The van der Waals surface area contributed by atoms with E-state index in [9.17, 15) is 4.79 Å². The zero-order valence-corrected chi connectivity index (χ0v) is 7.03. The maximum absolute atomic E-state index is 10.7. The lowest BCUT2D eigenvalue weighted by atomic mass is 9.93. The topological polar surface area (TPSA) is 92.0 Å². The molecule has 0 radical (unpaired) electrons. The minimum absolute atomic E-state index is 0.387. The van der Waals surface area contributed by atoms with Gasteiger partial charge in [-0.1, -0.05) is 0 Å². The molecule has 4 N–H and O–H groups in total.